The van der Waals surface area contributed by atoms with Crippen LogP contribution >= 0.6 is 0 Å². The first-order valence-electron chi connectivity index (χ1n) is 6.46. The summed E-state index contributed by atoms with van der Waals surface area (Å²) in [7, 11) is 0. The van der Waals surface area contributed by atoms with Gasteiger partial charge in [-0.2, -0.15) is 0 Å². The van der Waals surface area contributed by atoms with Crippen molar-refractivity contribution < 1.29 is 18.7 Å². The maximum atomic E-state index is 13.0. The Labute approximate surface area is 121 Å². The predicted octanol–water partition coefficient (Wildman–Crippen LogP) is 3.39. The number of benzene rings is 2. The molecule has 0 spiro atoms. The molecule has 2 aromatic carbocycles. The van der Waals surface area contributed by atoms with Crippen molar-refractivity contribution in [3.8, 4) is 5.75 Å². The molecule has 0 saturated heterocycles. The molecule has 0 aliphatic carbocycles. The molecule has 0 bridgehead atoms. The fraction of sp³-hybridized carbons (Fsp3) is 0.125. The fourth-order valence-electron chi connectivity index (χ4n) is 1.65. The van der Waals surface area contributed by atoms with Crippen LogP contribution in [0.5, 0.6) is 5.75 Å². The van der Waals surface area contributed by atoms with Crippen molar-refractivity contribution in [1.82, 2.24) is 0 Å². The van der Waals surface area contributed by atoms with Crippen LogP contribution in [0.4, 0.5) is 10.1 Å². The van der Waals surface area contributed by atoms with Gasteiger partial charge in [0.15, 0.2) is 0 Å². The Hall–Kier alpha value is -2.69. The number of nitrogens with one attached hydrogen (secondary N) is 1. The van der Waals surface area contributed by atoms with Gasteiger partial charge in [0.1, 0.15) is 11.6 Å². The molecule has 0 saturated carbocycles. The highest BCUT2D eigenvalue weighted by Gasteiger charge is 2.08. The first-order chi connectivity index (χ1) is 10.1. The first-order valence-corrected chi connectivity index (χ1v) is 6.46. The first kappa shape index (κ1) is 14.7. The lowest BCUT2D eigenvalue weighted by Gasteiger charge is -2.06. The zero-order valence-electron chi connectivity index (χ0n) is 11.4. The van der Waals surface area contributed by atoms with Gasteiger partial charge < -0.3 is 10.1 Å². The second kappa shape index (κ2) is 6.65. The normalized spacial score (nSPS) is 10.0. The van der Waals surface area contributed by atoms with E-state index in [1.54, 1.807) is 13.0 Å². The lowest BCUT2D eigenvalue weighted by Crippen LogP contribution is -2.12. The van der Waals surface area contributed by atoms with Crippen LogP contribution in [0, 0.1) is 5.82 Å². The van der Waals surface area contributed by atoms with Gasteiger partial charge in [-0.15, -0.1) is 0 Å². The van der Waals surface area contributed by atoms with Crippen molar-refractivity contribution in [1.29, 1.82) is 0 Å². The Kier molecular flexibility index (Phi) is 4.66. The molecule has 5 heteroatoms. The second-order valence-corrected chi connectivity index (χ2v) is 4.32. The summed E-state index contributed by atoms with van der Waals surface area (Å²) in [5.74, 6) is -0.750. The summed E-state index contributed by atoms with van der Waals surface area (Å²) in [4.78, 5) is 23.1. The molecular weight excluding hydrogens is 273 g/mol. The molecular formula is C16H14FNO3. The molecule has 0 radical (unpaired) electrons. The average molecular weight is 287 g/mol. The third kappa shape index (κ3) is 4.14. The number of ether oxygens (including phenoxy) is 1. The Balaban J connectivity index is 2.04. The molecule has 21 heavy (non-hydrogen) atoms. The van der Waals surface area contributed by atoms with Crippen LogP contribution in [0.1, 0.15) is 23.7 Å². The summed E-state index contributed by atoms with van der Waals surface area (Å²) in [5, 5.41) is 2.58. The number of amides is 1. The van der Waals surface area contributed by atoms with Crippen molar-refractivity contribution in [3.05, 3.63) is 59.9 Å². The molecule has 1 N–H and O–H groups in total. The van der Waals surface area contributed by atoms with Gasteiger partial charge in [0.25, 0.3) is 5.91 Å². The molecule has 108 valence electrons. The molecule has 0 aliphatic heterocycles. The maximum absolute atomic E-state index is 13.0. The average Bonchev–Trinajstić information content (AvgIpc) is 2.47. The van der Waals surface area contributed by atoms with Crippen molar-refractivity contribution >= 4 is 17.6 Å². The minimum absolute atomic E-state index is 0.280. The number of halogens is 1. The van der Waals surface area contributed by atoms with Crippen LogP contribution in [-0.4, -0.2) is 11.9 Å². The number of carbonyl (C=O) groups excluding carboxylic acids is 2. The van der Waals surface area contributed by atoms with Crippen LogP contribution in [0.25, 0.3) is 0 Å². The summed E-state index contributed by atoms with van der Waals surface area (Å²) in [6, 6.07) is 11.8. The summed E-state index contributed by atoms with van der Waals surface area (Å²) in [6.07, 6.45) is 0.280. The molecule has 0 aliphatic rings. The van der Waals surface area contributed by atoms with Crippen LogP contribution in [0.15, 0.2) is 48.5 Å². The molecule has 0 aromatic heterocycles. The lowest BCUT2D eigenvalue weighted by molar-refractivity contribution is -0.134. The van der Waals surface area contributed by atoms with Crippen molar-refractivity contribution in [2.75, 3.05) is 5.32 Å². The number of esters is 1. The minimum atomic E-state index is -0.422. The van der Waals surface area contributed by atoms with E-state index in [0.29, 0.717) is 17.0 Å². The molecule has 2 rings (SSSR count). The minimum Gasteiger partial charge on any atom is -0.427 e. The highest BCUT2D eigenvalue weighted by molar-refractivity contribution is 6.04. The summed E-state index contributed by atoms with van der Waals surface area (Å²) < 4.78 is 18.0. The molecule has 4 nitrogen and oxygen atoms in total. The van der Waals surface area contributed by atoms with Gasteiger partial charge in [-0.3, -0.25) is 9.59 Å². The monoisotopic (exact) mass is 287 g/mol. The van der Waals surface area contributed by atoms with Gasteiger partial charge >= 0.3 is 5.97 Å². The van der Waals surface area contributed by atoms with Gasteiger partial charge in [-0.05, 0) is 42.5 Å². The van der Waals surface area contributed by atoms with E-state index < -0.39 is 5.82 Å². The molecule has 0 heterocycles. The topological polar surface area (TPSA) is 55.4 Å². The zero-order chi connectivity index (χ0) is 15.2. The van der Waals surface area contributed by atoms with Gasteiger partial charge in [-0.1, -0.05) is 13.0 Å². The van der Waals surface area contributed by atoms with Crippen molar-refractivity contribution in [3.63, 3.8) is 0 Å². The van der Waals surface area contributed by atoms with E-state index in [4.69, 9.17) is 4.74 Å². The van der Waals surface area contributed by atoms with E-state index in [-0.39, 0.29) is 18.3 Å². The predicted molar refractivity (Wildman–Crippen MR) is 76.7 cm³/mol. The third-order valence-corrected chi connectivity index (χ3v) is 2.72. The van der Waals surface area contributed by atoms with E-state index >= 15 is 0 Å². The van der Waals surface area contributed by atoms with E-state index in [1.165, 1.54) is 42.5 Å². The lowest BCUT2D eigenvalue weighted by atomic mass is 10.2. The Morgan fingerprint density at radius 2 is 1.86 bits per heavy atom. The van der Waals surface area contributed by atoms with Gasteiger partial charge in [0, 0.05) is 17.7 Å². The Morgan fingerprint density at radius 3 is 2.48 bits per heavy atom. The molecule has 0 atom stereocenters. The van der Waals surface area contributed by atoms with Crippen LogP contribution < -0.4 is 10.1 Å². The van der Waals surface area contributed by atoms with E-state index in [1.807, 2.05) is 0 Å². The number of rotatable bonds is 4. The summed E-state index contributed by atoms with van der Waals surface area (Å²) in [6.45, 7) is 1.70. The van der Waals surface area contributed by atoms with E-state index in [2.05, 4.69) is 5.32 Å². The zero-order valence-corrected chi connectivity index (χ0v) is 11.4. The number of hydrogen-bond donors (Lipinski definition) is 1. The molecule has 1 amide bonds. The van der Waals surface area contributed by atoms with Gasteiger partial charge in [-0.25, -0.2) is 4.39 Å². The SMILES string of the molecule is CCC(=O)Oc1ccc(C(=O)Nc2cccc(F)c2)cc1. The van der Waals surface area contributed by atoms with Crippen LogP contribution in [0.3, 0.4) is 0 Å². The highest BCUT2D eigenvalue weighted by atomic mass is 19.1. The standard InChI is InChI=1S/C16H14FNO3/c1-2-15(19)21-14-8-6-11(7-9-14)16(20)18-13-5-3-4-12(17)10-13/h3-10H,2H2,1H3,(H,18,20). The van der Waals surface area contributed by atoms with Gasteiger partial charge in [0.2, 0.25) is 0 Å². The maximum Gasteiger partial charge on any atom is 0.310 e. The van der Waals surface area contributed by atoms with Gasteiger partial charge in [0.05, 0.1) is 0 Å². The molecule has 0 unspecified atom stereocenters. The van der Waals surface area contributed by atoms with Crippen molar-refractivity contribution in [2.45, 2.75) is 13.3 Å². The van der Waals surface area contributed by atoms with E-state index in [0.717, 1.165) is 0 Å². The Bertz CT molecular complexity index is 653. The summed E-state index contributed by atoms with van der Waals surface area (Å²) >= 11 is 0. The molecule has 2 aromatic rings. The third-order valence-electron chi connectivity index (χ3n) is 2.72. The number of hydrogen-bond acceptors (Lipinski definition) is 3. The quantitative estimate of drug-likeness (QED) is 0.692. The Morgan fingerprint density at radius 1 is 1.14 bits per heavy atom. The highest BCUT2D eigenvalue weighted by Crippen LogP contribution is 2.15. The second-order valence-electron chi connectivity index (χ2n) is 4.32. The number of anilines is 1. The molecule has 0 fully saturated rings. The fourth-order valence-corrected chi connectivity index (χ4v) is 1.65. The van der Waals surface area contributed by atoms with Crippen LogP contribution in [-0.2, 0) is 4.79 Å². The largest absolute Gasteiger partial charge is 0.427 e. The van der Waals surface area contributed by atoms with Crippen LogP contribution in [0.2, 0.25) is 0 Å². The van der Waals surface area contributed by atoms with E-state index in [9.17, 15) is 14.0 Å². The summed E-state index contributed by atoms with van der Waals surface area (Å²) in [5.41, 5.74) is 0.761. The van der Waals surface area contributed by atoms with Crippen molar-refractivity contribution in [2.24, 2.45) is 0 Å². The smallest absolute Gasteiger partial charge is 0.310 e. The number of carbonyl (C=O) groups is 2.